The summed E-state index contributed by atoms with van der Waals surface area (Å²) in [6.45, 7) is 3.64. The second-order valence-corrected chi connectivity index (χ2v) is 16.7. The van der Waals surface area contributed by atoms with Crippen LogP contribution in [0.3, 0.4) is 0 Å². The summed E-state index contributed by atoms with van der Waals surface area (Å²) in [5.74, 6) is 1.39. The van der Waals surface area contributed by atoms with Crippen LogP contribution in [0, 0.1) is 11.8 Å². The average Bonchev–Trinajstić information content (AvgIpc) is 2.87. The van der Waals surface area contributed by atoms with Crippen LogP contribution in [-0.4, -0.2) is 14.5 Å². The Morgan fingerprint density at radius 3 is 1.97 bits per heavy atom. The van der Waals surface area contributed by atoms with E-state index >= 15 is 0 Å². The van der Waals surface area contributed by atoms with E-state index in [0.29, 0.717) is 39.2 Å². The molecule has 0 saturated heterocycles. The van der Waals surface area contributed by atoms with Crippen LogP contribution in [0.25, 0.3) is 0 Å². The van der Waals surface area contributed by atoms with Gasteiger partial charge in [-0.3, -0.25) is 0 Å². The number of carbonyl (C=O) groups is 2. The number of carbonyl (C=O) groups excluding carboxylic acids is 2. The van der Waals surface area contributed by atoms with E-state index in [2.05, 4.69) is 0 Å². The van der Waals surface area contributed by atoms with Gasteiger partial charge in [-0.15, -0.1) is 0 Å². The van der Waals surface area contributed by atoms with Gasteiger partial charge in [0.1, 0.15) is 0 Å². The molecule has 1 atom stereocenters. The van der Waals surface area contributed by atoms with Crippen molar-refractivity contribution in [2.75, 3.05) is 4.93 Å². The molecule has 38 heavy (non-hydrogen) atoms. The molecular formula is C30H36Cl2F3IO2. The molecule has 8 heteroatoms. The first-order chi connectivity index (χ1) is 17.8. The van der Waals surface area contributed by atoms with E-state index in [0.717, 1.165) is 61.8 Å². The van der Waals surface area contributed by atoms with E-state index in [9.17, 15) is 22.8 Å². The predicted molar refractivity (Wildman–Crippen MR) is 159 cm³/mol. The molecule has 0 aliphatic heterocycles. The van der Waals surface area contributed by atoms with E-state index in [4.69, 9.17) is 23.2 Å². The Hall–Kier alpha value is -1.12. The summed E-state index contributed by atoms with van der Waals surface area (Å²) in [6.07, 6.45) is 3.32. The summed E-state index contributed by atoms with van der Waals surface area (Å²) < 4.78 is 39.6. The van der Waals surface area contributed by atoms with Gasteiger partial charge in [0.15, 0.2) is 0 Å². The molecule has 0 spiro atoms. The second kappa shape index (κ2) is 13.5. The van der Waals surface area contributed by atoms with E-state index in [1.165, 1.54) is 12.1 Å². The predicted octanol–water partition coefficient (Wildman–Crippen LogP) is 10.1. The van der Waals surface area contributed by atoms with Crippen molar-refractivity contribution in [1.82, 2.24) is 0 Å². The van der Waals surface area contributed by atoms with Crippen LogP contribution < -0.4 is 0 Å². The number of hydrogen-bond donors (Lipinski definition) is 0. The van der Waals surface area contributed by atoms with E-state index in [1.54, 1.807) is 19.1 Å². The Balaban J connectivity index is 1.73. The third-order valence-electron chi connectivity index (χ3n) is 7.84. The molecule has 1 aliphatic rings. The fraction of sp³-hybridized carbons (Fsp3) is 0.533. The van der Waals surface area contributed by atoms with Gasteiger partial charge in [-0.2, -0.15) is 0 Å². The van der Waals surface area contributed by atoms with Crippen molar-refractivity contribution in [1.29, 1.82) is 0 Å². The summed E-state index contributed by atoms with van der Waals surface area (Å²) >= 11 is 10.3. The number of ketones is 1. The molecule has 0 N–H and O–H groups in total. The summed E-state index contributed by atoms with van der Waals surface area (Å²) in [4.78, 5) is 27.4. The summed E-state index contributed by atoms with van der Waals surface area (Å²) in [5, 5.41) is 0.846. The Bertz CT molecular complexity index is 1110. The molecule has 210 valence electrons. The Morgan fingerprint density at radius 1 is 0.895 bits per heavy atom. The molecule has 2 aromatic rings. The zero-order chi connectivity index (χ0) is 28.1. The molecule has 1 fully saturated rings. The third-order valence-corrected chi connectivity index (χ3v) is 13.5. The monoisotopic (exact) mass is 682 g/mol. The number of alkyl halides is 5. The number of hydrogen-bond acceptors (Lipinski definition) is 2. The van der Waals surface area contributed by atoms with Crippen molar-refractivity contribution >= 4 is 52.6 Å². The Morgan fingerprint density at radius 2 is 1.45 bits per heavy atom. The third kappa shape index (κ3) is 8.44. The molecule has 0 bridgehead atoms. The Kier molecular flexibility index (Phi) is 11.2. The van der Waals surface area contributed by atoms with Gasteiger partial charge >= 0.3 is 243 Å². The van der Waals surface area contributed by atoms with Gasteiger partial charge in [-0.25, -0.2) is 0 Å². The van der Waals surface area contributed by atoms with Gasteiger partial charge in [0.05, 0.1) is 0 Å². The molecule has 2 aromatic carbocycles. The molecule has 1 saturated carbocycles. The zero-order valence-electron chi connectivity index (χ0n) is 22.1. The van der Waals surface area contributed by atoms with Crippen LogP contribution in [0.15, 0.2) is 42.5 Å². The molecular weight excluding hydrogens is 647 g/mol. The van der Waals surface area contributed by atoms with E-state index in [-0.39, 0.29) is 9.57 Å². The normalized spacial score (nSPS) is 20.1. The number of rotatable bonds is 11. The van der Waals surface area contributed by atoms with Crippen molar-refractivity contribution in [3.63, 3.8) is 0 Å². The topological polar surface area (TPSA) is 34.1 Å². The minimum absolute atomic E-state index is 0.204. The molecule has 0 radical (unpaired) electrons. The van der Waals surface area contributed by atoms with E-state index < -0.39 is 37.0 Å². The van der Waals surface area contributed by atoms with Gasteiger partial charge in [0, 0.05) is 0 Å². The number of halogens is 6. The van der Waals surface area contributed by atoms with Crippen LogP contribution in [0.2, 0.25) is 10.0 Å². The summed E-state index contributed by atoms with van der Waals surface area (Å²) in [5.41, 5.74) is 0.203. The zero-order valence-corrected chi connectivity index (χ0v) is 25.8. The molecule has 3 rings (SSSR count). The first kappa shape index (κ1) is 31.4. The molecule has 1 unspecified atom stereocenters. The van der Waals surface area contributed by atoms with Gasteiger partial charge in [-0.05, 0) is 0 Å². The van der Waals surface area contributed by atoms with Crippen molar-refractivity contribution in [2.24, 2.45) is 11.8 Å². The minimum atomic E-state index is -4.38. The van der Waals surface area contributed by atoms with Crippen molar-refractivity contribution < 1.29 is 22.8 Å². The van der Waals surface area contributed by atoms with Crippen molar-refractivity contribution in [3.8, 4) is 0 Å². The Labute approximate surface area is 241 Å². The van der Waals surface area contributed by atoms with E-state index in [1.807, 2.05) is 17.9 Å². The van der Waals surface area contributed by atoms with Gasteiger partial charge in [-0.1, -0.05) is 0 Å². The standard InChI is InChI=1S/C30H36Cl2F3IO2/c1-20(37)4-5-21-6-8-22(9-7-21)16-17-29(2,25-14-15-26(31)27(32)18-25)28(38)36(3)19-23-10-12-24(13-11-23)30(33,34)35/h10-15,18,21-22H,4-9,16-17,19H2,1-3H3. The number of benzene rings is 2. The molecule has 0 amide bonds. The fourth-order valence-corrected chi connectivity index (χ4v) is 10.4. The van der Waals surface area contributed by atoms with Crippen molar-refractivity contribution in [2.45, 2.75) is 81.2 Å². The van der Waals surface area contributed by atoms with Crippen LogP contribution >= 0.6 is 43.0 Å². The molecule has 1 aliphatic carbocycles. The summed E-state index contributed by atoms with van der Waals surface area (Å²) in [7, 11) is 0. The van der Waals surface area contributed by atoms with Crippen LogP contribution in [0.5, 0.6) is 0 Å². The van der Waals surface area contributed by atoms with Crippen molar-refractivity contribution in [3.05, 3.63) is 69.2 Å². The summed E-state index contributed by atoms with van der Waals surface area (Å²) in [6, 6.07) is 10.6. The van der Waals surface area contributed by atoms with Crippen LogP contribution in [-0.2, 0) is 25.6 Å². The second-order valence-electron chi connectivity index (χ2n) is 10.8. The van der Waals surface area contributed by atoms with Gasteiger partial charge in [0.25, 0.3) is 0 Å². The number of Topliss-reactive ketones (excluding diaryl/α,β-unsaturated/α-hetero) is 1. The SMILES string of the molecule is CC(=O)CCC1CCC(CCC(C)(C(=O)I(C)Cc2ccc(C(F)(F)F)cc2)c2ccc(Cl)c(Cl)c2)CC1. The average molecular weight is 683 g/mol. The molecule has 0 aromatic heterocycles. The molecule has 2 nitrogen and oxygen atoms in total. The maximum atomic E-state index is 14.0. The van der Waals surface area contributed by atoms with Gasteiger partial charge in [0.2, 0.25) is 0 Å². The van der Waals surface area contributed by atoms with Gasteiger partial charge < -0.3 is 0 Å². The first-order valence-electron chi connectivity index (χ1n) is 13.0. The quantitative estimate of drug-likeness (QED) is 0.134. The molecule has 0 heterocycles. The first-order valence-corrected chi connectivity index (χ1v) is 18.5. The van der Waals surface area contributed by atoms with Crippen LogP contribution in [0.1, 0.15) is 81.9 Å². The maximum absolute atomic E-state index is 14.0. The van der Waals surface area contributed by atoms with Crippen LogP contribution in [0.4, 0.5) is 13.2 Å². The fourth-order valence-electron chi connectivity index (χ4n) is 5.34.